The highest BCUT2D eigenvalue weighted by Crippen LogP contribution is 2.39. The number of nitrogens with zero attached hydrogens (tertiary/aromatic N) is 4. The maximum absolute atomic E-state index is 6.57. The molecular formula is C23H15Cl2N5. The van der Waals surface area contributed by atoms with Crippen molar-refractivity contribution in [1.29, 1.82) is 0 Å². The van der Waals surface area contributed by atoms with E-state index < -0.39 is 0 Å². The Morgan fingerprint density at radius 1 is 0.800 bits per heavy atom. The molecule has 0 unspecified atom stereocenters. The summed E-state index contributed by atoms with van der Waals surface area (Å²) >= 11 is 12.7. The number of hydrogen-bond donors (Lipinski definition) is 1. The van der Waals surface area contributed by atoms with Crippen LogP contribution in [0.2, 0.25) is 10.0 Å². The Bertz CT molecular complexity index is 1300. The maximum Gasteiger partial charge on any atom is 0.231 e. The van der Waals surface area contributed by atoms with Gasteiger partial charge in [0.2, 0.25) is 5.95 Å². The van der Waals surface area contributed by atoms with E-state index in [1.807, 2.05) is 71.3 Å². The summed E-state index contributed by atoms with van der Waals surface area (Å²) in [7, 11) is 0. The van der Waals surface area contributed by atoms with Gasteiger partial charge in [-0.2, -0.15) is 10.1 Å². The minimum absolute atomic E-state index is 0.507. The van der Waals surface area contributed by atoms with Crippen LogP contribution >= 0.6 is 23.2 Å². The molecule has 0 amide bonds. The van der Waals surface area contributed by atoms with Crippen molar-refractivity contribution in [3.8, 4) is 39.9 Å². The number of hydrogen-bond acceptors (Lipinski definition) is 3. The zero-order valence-corrected chi connectivity index (χ0v) is 17.1. The predicted molar refractivity (Wildman–Crippen MR) is 120 cm³/mol. The third-order valence-electron chi connectivity index (χ3n) is 4.76. The number of nitrogens with one attached hydrogen (secondary N) is 1. The molecule has 5 rings (SSSR count). The third-order valence-corrected chi connectivity index (χ3v) is 5.31. The quantitative estimate of drug-likeness (QED) is 0.363. The van der Waals surface area contributed by atoms with Gasteiger partial charge in [0, 0.05) is 21.7 Å². The van der Waals surface area contributed by atoms with Crippen LogP contribution in [0.25, 0.3) is 39.9 Å². The molecule has 2 heterocycles. The second-order valence-electron chi connectivity index (χ2n) is 6.63. The highest BCUT2D eigenvalue weighted by molar-refractivity contribution is 6.36. The fourth-order valence-electron chi connectivity index (χ4n) is 3.44. The lowest BCUT2D eigenvalue weighted by Crippen LogP contribution is -2.03. The number of rotatable bonds is 4. The predicted octanol–water partition coefficient (Wildman–Crippen LogP) is 6.30. The summed E-state index contributed by atoms with van der Waals surface area (Å²) in [5.41, 5.74) is 4.44. The van der Waals surface area contributed by atoms with Crippen molar-refractivity contribution >= 4 is 23.2 Å². The van der Waals surface area contributed by atoms with E-state index in [2.05, 4.69) is 15.2 Å². The molecule has 1 N–H and O–H groups in total. The van der Waals surface area contributed by atoms with Crippen LogP contribution in [0.5, 0.6) is 0 Å². The van der Waals surface area contributed by atoms with Crippen LogP contribution in [0.15, 0.2) is 85.2 Å². The van der Waals surface area contributed by atoms with E-state index in [-0.39, 0.29) is 0 Å². The molecule has 0 radical (unpaired) electrons. The molecule has 0 aliphatic carbocycles. The number of benzene rings is 3. The van der Waals surface area contributed by atoms with Gasteiger partial charge < -0.3 is 0 Å². The number of aromatic amines is 1. The van der Waals surface area contributed by atoms with Crippen molar-refractivity contribution in [2.45, 2.75) is 0 Å². The van der Waals surface area contributed by atoms with E-state index in [1.54, 1.807) is 12.1 Å². The Labute approximate surface area is 183 Å². The summed E-state index contributed by atoms with van der Waals surface area (Å²) in [5.74, 6) is 1.19. The molecular weight excluding hydrogens is 417 g/mol. The van der Waals surface area contributed by atoms with Crippen molar-refractivity contribution in [2.75, 3.05) is 0 Å². The first-order valence-electron chi connectivity index (χ1n) is 9.27. The molecule has 5 nitrogen and oxygen atoms in total. The number of halogens is 2. The van der Waals surface area contributed by atoms with Gasteiger partial charge in [0.1, 0.15) is 12.2 Å². The van der Waals surface area contributed by atoms with Crippen molar-refractivity contribution in [3.63, 3.8) is 0 Å². The highest BCUT2D eigenvalue weighted by Gasteiger charge is 2.24. The highest BCUT2D eigenvalue weighted by atomic mass is 35.5. The minimum atomic E-state index is 0.507. The fraction of sp³-hybridized carbons (Fsp3) is 0. The standard InChI is InChI=1S/C23H15Cl2N5/c24-17-11-12-18(19(25)13-17)22-28-20(15-7-3-1-4-8-15)21(16-9-5-2-6-10-16)30(22)23-26-14-27-29-23/h1-14H,(H,26,27,29). The average Bonchev–Trinajstić information content (AvgIpc) is 3.43. The Hall–Kier alpha value is -3.41. The molecule has 0 aliphatic heterocycles. The van der Waals surface area contributed by atoms with Crippen LogP contribution in [0.3, 0.4) is 0 Å². The molecule has 3 aromatic carbocycles. The summed E-state index contributed by atoms with van der Waals surface area (Å²) in [6.45, 7) is 0. The molecule has 146 valence electrons. The molecule has 2 aromatic heterocycles. The number of aromatic nitrogens is 5. The number of imidazole rings is 1. The summed E-state index contributed by atoms with van der Waals surface area (Å²) in [6, 6.07) is 25.5. The Morgan fingerprint density at radius 2 is 1.50 bits per heavy atom. The smallest absolute Gasteiger partial charge is 0.231 e. The third kappa shape index (κ3) is 3.28. The lowest BCUT2D eigenvalue weighted by atomic mass is 10.0. The second-order valence-corrected chi connectivity index (χ2v) is 7.48. The maximum atomic E-state index is 6.57. The Kier molecular flexibility index (Phi) is 4.83. The van der Waals surface area contributed by atoms with E-state index >= 15 is 0 Å². The minimum Gasteiger partial charge on any atom is -0.260 e. The molecule has 7 heteroatoms. The zero-order valence-electron chi connectivity index (χ0n) is 15.6. The van der Waals surface area contributed by atoms with E-state index in [9.17, 15) is 0 Å². The molecule has 0 saturated heterocycles. The first kappa shape index (κ1) is 18.6. The molecule has 30 heavy (non-hydrogen) atoms. The molecule has 5 aromatic rings. The summed E-state index contributed by atoms with van der Waals surface area (Å²) in [4.78, 5) is 9.42. The van der Waals surface area contributed by atoms with Gasteiger partial charge >= 0.3 is 0 Å². The van der Waals surface area contributed by atoms with Crippen molar-refractivity contribution in [1.82, 2.24) is 24.7 Å². The topological polar surface area (TPSA) is 59.4 Å². The van der Waals surface area contributed by atoms with Crippen LogP contribution in [-0.2, 0) is 0 Å². The summed E-state index contributed by atoms with van der Waals surface area (Å²) in [5, 5.41) is 8.08. The van der Waals surface area contributed by atoms with E-state index in [0.717, 1.165) is 28.1 Å². The second kappa shape index (κ2) is 7.78. The van der Waals surface area contributed by atoms with Gasteiger partial charge in [-0.15, -0.1) is 0 Å². The SMILES string of the molecule is Clc1ccc(-c2nc(-c3ccccc3)c(-c3ccccc3)n2-c2ncn[nH]2)c(Cl)c1. The van der Waals surface area contributed by atoms with Gasteiger partial charge in [0.25, 0.3) is 0 Å². The van der Waals surface area contributed by atoms with Gasteiger partial charge in [-0.3, -0.25) is 4.57 Å². The van der Waals surface area contributed by atoms with Crippen LogP contribution in [-0.4, -0.2) is 24.7 Å². The number of H-pyrrole nitrogens is 1. The molecule has 0 bridgehead atoms. The van der Waals surface area contributed by atoms with Crippen molar-refractivity contribution in [2.24, 2.45) is 0 Å². The molecule has 0 aliphatic rings. The lowest BCUT2D eigenvalue weighted by Gasteiger charge is -2.11. The molecule has 0 spiro atoms. The molecule has 0 saturated carbocycles. The van der Waals surface area contributed by atoms with Crippen molar-refractivity contribution in [3.05, 3.63) is 95.2 Å². The molecule has 0 fully saturated rings. The summed E-state index contributed by atoms with van der Waals surface area (Å²) in [6.07, 6.45) is 1.47. The van der Waals surface area contributed by atoms with Crippen molar-refractivity contribution < 1.29 is 0 Å². The van der Waals surface area contributed by atoms with Gasteiger partial charge in [-0.25, -0.2) is 10.1 Å². The average molecular weight is 432 g/mol. The zero-order chi connectivity index (χ0) is 20.5. The first-order valence-corrected chi connectivity index (χ1v) is 10.0. The van der Waals surface area contributed by atoms with Gasteiger partial charge in [0.15, 0.2) is 0 Å². The van der Waals surface area contributed by atoms with E-state index in [1.165, 1.54) is 6.33 Å². The monoisotopic (exact) mass is 431 g/mol. The molecule has 0 atom stereocenters. The summed E-state index contributed by atoms with van der Waals surface area (Å²) < 4.78 is 1.94. The normalized spacial score (nSPS) is 11.0. The van der Waals surface area contributed by atoms with E-state index in [4.69, 9.17) is 28.2 Å². The van der Waals surface area contributed by atoms with Crippen LogP contribution in [0, 0.1) is 0 Å². The first-order chi connectivity index (χ1) is 14.7. The largest absolute Gasteiger partial charge is 0.260 e. The fourth-order valence-corrected chi connectivity index (χ4v) is 3.94. The van der Waals surface area contributed by atoms with Gasteiger partial charge in [-0.1, -0.05) is 83.9 Å². The van der Waals surface area contributed by atoms with Gasteiger partial charge in [0.05, 0.1) is 16.4 Å². The van der Waals surface area contributed by atoms with E-state index in [0.29, 0.717) is 21.8 Å². The lowest BCUT2D eigenvalue weighted by molar-refractivity contribution is 0.944. The Morgan fingerprint density at radius 3 is 2.13 bits per heavy atom. The van der Waals surface area contributed by atoms with Crippen LogP contribution in [0.4, 0.5) is 0 Å². The van der Waals surface area contributed by atoms with Crippen LogP contribution in [0.1, 0.15) is 0 Å². The Balaban J connectivity index is 1.89. The van der Waals surface area contributed by atoms with Crippen LogP contribution < -0.4 is 0 Å². The van der Waals surface area contributed by atoms with Gasteiger partial charge in [-0.05, 0) is 18.2 Å².